The number of halogens is 1. The molecule has 2 aromatic rings. The second-order valence-corrected chi connectivity index (χ2v) is 8.52. The van der Waals surface area contributed by atoms with Crippen LogP contribution in [0.15, 0.2) is 34.9 Å². The number of anilines is 1. The first-order valence-corrected chi connectivity index (χ1v) is 11.1. The first-order chi connectivity index (χ1) is 14.2. The molecule has 0 aliphatic carbocycles. The number of thiophene rings is 1. The molecule has 1 N–H and O–H groups in total. The van der Waals surface area contributed by atoms with Crippen molar-refractivity contribution in [3.63, 3.8) is 0 Å². The summed E-state index contributed by atoms with van der Waals surface area (Å²) < 4.78 is 1.72. The van der Waals surface area contributed by atoms with Crippen LogP contribution < -0.4 is 10.2 Å². The van der Waals surface area contributed by atoms with Crippen molar-refractivity contribution in [3.8, 4) is 0 Å². The van der Waals surface area contributed by atoms with Crippen molar-refractivity contribution in [2.75, 3.05) is 51.2 Å². The molecule has 0 saturated carbocycles. The van der Waals surface area contributed by atoms with Gasteiger partial charge in [0.15, 0.2) is 5.96 Å². The predicted octanol–water partition coefficient (Wildman–Crippen LogP) is 2.16. The number of hydrogen-bond donors (Lipinski definition) is 1. The van der Waals surface area contributed by atoms with Crippen molar-refractivity contribution in [2.24, 2.45) is 12.0 Å². The third-order valence-corrected chi connectivity index (χ3v) is 6.62. The molecule has 0 radical (unpaired) electrons. The maximum Gasteiger partial charge on any atom is 0.246 e. The van der Waals surface area contributed by atoms with E-state index in [0.717, 1.165) is 37.8 Å². The number of aliphatic imine (C=N–C) groups is 1. The van der Waals surface area contributed by atoms with Crippen molar-refractivity contribution in [1.29, 1.82) is 0 Å². The van der Waals surface area contributed by atoms with Crippen molar-refractivity contribution in [2.45, 2.75) is 18.9 Å². The Balaban J connectivity index is 0.00000256. The monoisotopic (exact) mass is 543 g/mol. The van der Waals surface area contributed by atoms with E-state index < -0.39 is 0 Å². The van der Waals surface area contributed by atoms with Gasteiger partial charge in [-0.25, -0.2) is 0 Å². The molecule has 164 valence electrons. The second kappa shape index (κ2) is 10.6. The van der Waals surface area contributed by atoms with Crippen LogP contribution in [0.2, 0.25) is 0 Å². The molecule has 1 atom stereocenters. The molecule has 30 heavy (non-hydrogen) atoms. The molecule has 2 saturated heterocycles. The zero-order valence-corrected chi connectivity index (χ0v) is 20.7. The quantitative estimate of drug-likeness (QED) is 0.356. The molecule has 1 amide bonds. The van der Waals surface area contributed by atoms with E-state index in [1.807, 2.05) is 29.5 Å². The van der Waals surface area contributed by atoms with E-state index >= 15 is 0 Å². The normalized spacial score (nSPS) is 19.1. The summed E-state index contributed by atoms with van der Waals surface area (Å²) in [5.41, 5.74) is 0.854. The van der Waals surface area contributed by atoms with Crippen molar-refractivity contribution in [1.82, 2.24) is 24.9 Å². The number of likely N-dealkylation sites (tertiary alicyclic amines) is 1. The SMILES string of the molecule is CN=C(NCC(c1cccs1)N1CCCC1)N1CCN(c2cnn(C)c2)C(=O)C1.I. The van der Waals surface area contributed by atoms with Gasteiger partial charge in [-0.15, -0.1) is 35.3 Å². The number of nitrogens with zero attached hydrogens (tertiary/aromatic N) is 6. The molecular formula is C20H30IN7OS. The zero-order valence-electron chi connectivity index (χ0n) is 17.5. The number of carbonyl (C=O) groups is 1. The minimum Gasteiger partial charge on any atom is -0.354 e. The maximum absolute atomic E-state index is 12.7. The zero-order chi connectivity index (χ0) is 20.2. The Hall–Kier alpha value is -1.66. The Morgan fingerprint density at radius 2 is 2.10 bits per heavy atom. The summed E-state index contributed by atoms with van der Waals surface area (Å²) in [5.74, 6) is 0.867. The van der Waals surface area contributed by atoms with Gasteiger partial charge in [0.25, 0.3) is 0 Å². The molecule has 0 aromatic carbocycles. The fourth-order valence-electron chi connectivity index (χ4n) is 4.14. The van der Waals surface area contributed by atoms with E-state index in [1.54, 1.807) is 22.8 Å². The molecule has 4 rings (SSSR count). The lowest BCUT2D eigenvalue weighted by atomic mass is 10.2. The molecule has 4 heterocycles. The van der Waals surface area contributed by atoms with Gasteiger partial charge in [0.05, 0.1) is 17.9 Å². The fraction of sp³-hybridized carbons (Fsp3) is 0.550. The summed E-state index contributed by atoms with van der Waals surface area (Å²) in [6.07, 6.45) is 6.15. The highest BCUT2D eigenvalue weighted by atomic mass is 127. The average molecular weight is 543 g/mol. The van der Waals surface area contributed by atoms with Gasteiger partial charge in [-0.2, -0.15) is 5.10 Å². The molecule has 0 spiro atoms. The van der Waals surface area contributed by atoms with Crippen LogP contribution in [0.25, 0.3) is 0 Å². The highest BCUT2D eigenvalue weighted by Crippen LogP contribution is 2.28. The maximum atomic E-state index is 12.7. The van der Waals surface area contributed by atoms with E-state index in [4.69, 9.17) is 0 Å². The number of piperazine rings is 1. The molecule has 2 aliphatic rings. The van der Waals surface area contributed by atoms with Gasteiger partial charge in [-0.3, -0.25) is 19.4 Å². The smallest absolute Gasteiger partial charge is 0.246 e. The highest BCUT2D eigenvalue weighted by Gasteiger charge is 2.29. The van der Waals surface area contributed by atoms with Crippen molar-refractivity contribution >= 4 is 52.9 Å². The number of rotatable bonds is 5. The molecule has 8 nitrogen and oxygen atoms in total. The van der Waals surface area contributed by atoms with Crippen LogP contribution in [-0.4, -0.2) is 77.8 Å². The largest absolute Gasteiger partial charge is 0.354 e. The average Bonchev–Trinajstić information content (AvgIpc) is 3.48. The van der Waals surface area contributed by atoms with E-state index in [9.17, 15) is 4.79 Å². The van der Waals surface area contributed by atoms with E-state index in [2.05, 4.69) is 37.8 Å². The standard InChI is InChI=1S/C20H29N7OS.HI/c1-21-20(22-13-17(18-6-5-11-29-18)25-7-3-4-8-25)26-9-10-27(19(28)15-26)16-12-23-24(2)14-16;/h5-6,11-12,14,17H,3-4,7-10,13,15H2,1-2H3,(H,21,22);1H. The van der Waals surface area contributed by atoms with E-state index in [-0.39, 0.29) is 29.9 Å². The molecule has 10 heteroatoms. The summed E-state index contributed by atoms with van der Waals surface area (Å²) in [5, 5.41) is 9.86. The van der Waals surface area contributed by atoms with E-state index in [0.29, 0.717) is 19.1 Å². The van der Waals surface area contributed by atoms with Gasteiger partial charge in [0.1, 0.15) is 6.54 Å². The molecular weight excluding hydrogens is 513 g/mol. The molecule has 2 aliphatic heterocycles. The molecule has 0 bridgehead atoms. The van der Waals surface area contributed by atoms with Gasteiger partial charge in [0.2, 0.25) is 5.91 Å². The summed E-state index contributed by atoms with van der Waals surface area (Å²) in [6, 6.07) is 4.68. The third-order valence-electron chi connectivity index (χ3n) is 5.64. The number of amides is 1. The highest BCUT2D eigenvalue weighted by molar-refractivity contribution is 14.0. The minimum atomic E-state index is 0. The number of hydrogen-bond acceptors (Lipinski definition) is 5. The lowest BCUT2D eigenvalue weighted by Gasteiger charge is -2.36. The van der Waals surface area contributed by atoms with Crippen LogP contribution in [0.3, 0.4) is 0 Å². The van der Waals surface area contributed by atoms with Gasteiger partial charge in [0, 0.05) is 44.8 Å². The Morgan fingerprint density at radius 1 is 1.30 bits per heavy atom. The number of guanidine groups is 1. The number of aryl methyl sites for hydroxylation is 1. The summed E-state index contributed by atoms with van der Waals surface area (Å²) in [4.78, 5) is 25.0. The van der Waals surface area contributed by atoms with Crippen LogP contribution >= 0.6 is 35.3 Å². The Kier molecular flexibility index (Phi) is 8.12. The van der Waals surface area contributed by atoms with Crippen LogP contribution in [-0.2, 0) is 11.8 Å². The van der Waals surface area contributed by atoms with Crippen molar-refractivity contribution in [3.05, 3.63) is 34.8 Å². The summed E-state index contributed by atoms with van der Waals surface area (Å²) in [6.45, 7) is 4.78. The van der Waals surface area contributed by atoms with E-state index in [1.165, 1.54) is 17.7 Å². The number of aromatic nitrogens is 2. The second-order valence-electron chi connectivity index (χ2n) is 7.54. The van der Waals surface area contributed by atoms with Crippen LogP contribution in [0, 0.1) is 0 Å². The van der Waals surface area contributed by atoms with Crippen LogP contribution in [0.1, 0.15) is 23.8 Å². The Morgan fingerprint density at radius 3 is 2.70 bits per heavy atom. The molecule has 2 aromatic heterocycles. The summed E-state index contributed by atoms with van der Waals surface area (Å²) >= 11 is 1.81. The predicted molar refractivity (Wildman–Crippen MR) is 132 cm³/mol. The van der Waals surface area contributed by atoms with Crippen LogP contribution in [0.4, 0.5) is 5.69 Å². The van der Waals surface area contributed by atoms with Gasteiger partial charge >= 0.3 is 0 Å². The number of nitrogens with one attached hydrogen (secondary N) is 1. The van der Waals surface area contributed by atoms with Gasteiger partial charge in [-0.1, -0.05) is 6.07 Å². The molecule has 1 unspecified atom stereocenters. The minimum absolute atomic E-state index is 0. The topological polar surface area (TPSA) is 69.0 Å². The van der Waals surface area contributed by atoms with Gasteiger partial charge in [-0.05, 0) is 37.4 Å². The lowest BCUT2D eigenvalue weighted by Crippen LogP contribution is -2.56. The van der Waals surface area contributed by atoms with Gasteiger partial charge < -0.3 is 15.1 Å². The first-order valence-electron chi connectivity index (χ1n) is 10.2. The number of carbonyl (C=O) groups excluding carboxylic acids is 1. The van der Waals surface area contributed by atoms with Crippen molar-refractivity contribution < 1.29 is 4.79 Å². The Bertz CT molecular complexity index is 847. The Labute approximate surface area is 198 Å². The van der Waals surface area contributed by atoms with Crippen LogP contribution in [0.5, 0.6) is 0 Å². The summed E-state index contributed by atoms with van der Waals surface area (Å²) in [7, 11) is 3.65. The fourth-order valence-corrected chi connectivity index (χ4v) is 5.00. The molecule has 2 fully saturated rings. The first kappa shape index (κ1) is 23.0. The lowest BCUT2D eigenvalue weighted by molar-refractivity contribution is -0.120. The third kappa shape index (κ3) is 5.14.